The number of aliphatic hydroxyl groups excluding tert-OH is 1. The van der Waals surface area contributed by atoms with Crippen LogP contribution in [0.1, 0.15) is 5.56 Å². The molecule has 2 aliphatic heterocycles. The first-order valence-electron chi connectivity index (χ1n) is 15.6. The Morgan fingerprint density at radius 2 is 1.77 bits per heavy atom. The molecule has 0 bridgehead atoms. The molecule has 0 saturated carbocycles. The summed E-state index contributed by atoms with van der Waals surface area (Å²) in [6.07, 6.45) is 6.84. The maximum Gasteiger partial charge on any atom is 0.290 e. The van der Waals surface area contributed by atoms with Crippen molar-refractivity contribution in [3.8, 4) is 17.1 Å². The summed E-state index contributed by atoms with van der Waals surface area (Å²) < 4.78 is 9.86. The molecule has 1 aromatic carbocycles. The van der Waals surface area contributed by atoms with E-state index in [0.29, 0.717) is 34.2 Å². The number of hydrogen-bond donors (Lipinski definition) is 2. The van der Waals surface area contributed by atoms with Crippen LogP contribution in [0.25, 0.3) is 33.5 Å². The van der Waals surface area contributed by atoms with Crippen LogP contribution in [0.3, 0.4) is 0 Å². The highest BCUT2D eigenvalue weighted by molar-refractivity contribution is 5.87. The van der Waals surface area contributed by atoms with Gasteiger partial charge in [-0.05, 0) is 36.4 Å². The number of aryl methyl sites for hydroxylation is 1. The fourth-order valence-electron chi connectivity index (χ4n) is 6.47. The maximum absolute atomic E-state index is 13.7. The number of pyridine rings is 2. The number of nitrogens with one attached hydrogen (secondary N) is 1. The molecule has 0 unspecified atom stereocenters. The van der Waals surface area contributed by atoms with E-state index in [1.165, 1.54) is 9.25 Å². The Morgan fingerprint density at radius 1 is 0.936 bits per heavy atom. The van der Waals surface area contributed by atoms with Gasteiger partial charge < -0.3 is 24.5 Å². The van der Waals surface area contributed by atoms with Crippen molar-refractivity contribution in [3.05, 3.63) is 106 Å². The summed E-state index contributed by atoms with van der Waals surface area (Å²) in [4.78, 5) is 40.7. The van der Waals surface area contributed by atoms with Crippen LogP contribution in [-0.4, -0.2) is 84.2 Å². The number of ether oxygens (including phenoxy) is 1. The minimum absolute atomic E-state index is 0.273. The second-order valence-electron chi connectivity index (χ2n) is 11.9. The van der Waals surface area contributed by atoms with Gasteiger partial charge in [-0.3, -0.25) is 19.1 Å². The Labute approximate surface area is 268 Å². The lowest BCUT2D eigenvalue weighted by molar-refractivity contribution is -0.0660. The lowest BCUT2D eigenvalue weighted by atomic mass is 10.1. The Morgan fingerprint density at radius 3 is 2.51 bits per heavy atom. The van der Waals surface area contributed by atoms with Crippen molar-refractivity contribution in [2.24, 2.45) is 7.05 Å². The molecule has 0 radical (unpaired) electrons. The highest BCUT2D eigenvalue weighted by Gasteiger charge is 2.29. The largest absolute Gasteiger partial charge is 0.392 e. The topological polar surface area (TPSA) is 135 Å². The summed E-state index contributed by atoms with van der Waals surface area (Å²) >= 11 is 0. The number of piperazine rings is 1. The van der Waals surface area contributed by atoms with Gasteiger partial charge in [-0.15, -0.1) is 0 Å². The molecule has 2 aliphatic rings. The Balaban J connectivity index is 1.09. The lowest BCUT2D eigenvalue weighted by Crippen LogP contribution is -2.56. The van der Waals surface area contributed by atoms with Crippen LogP contribution in [0, 0.1) is 0 Å². The molecule has 238 valence electrons. The monoisotopic (exact) mass is 631 g/mol. The van der Waals surface area contributed by atoms with E-state index < -0.39 is 6.61 Å². The predicted molar refractivity (Wildman–Crippen MR) is 179 cm³/mol. The molecule has 5 aromatic heterocycles. The molecule has 13 heteroatoms. The molecule has 0 atom stereocenters. The van der Waals surface area contributed by atoms with Crippen molar-refractivity contribution in [1.82, 2.24) is 33.6 Å². The molecule has 8 rings (SSSR count). The molecule has 0 spiro atoms. The maximum atomic E-state index is 13.7. The van der Waals surface area contributed by atoms with Crippen molar-refractivity contribution in [2.45, 2.75) is 12.6 Å². The van der Waals surface area contributed by atoms with Gasteiger partial charge in [0.15, 0.2) is 0 Å². The second kappa shape index (κ2) is 11.8. The van der Waals surface area contributed by atoms with Crippen LogP contribution < -0.4 is 21.3 Å². The predicted octanol–water partition coefficient (Wildman–Crippen LogP) is 2.55. The fraction of sp³-hybridized carbons (Fsp3) is 0.265. The van der Waals surface area contributed by atoms with Gasteiger partial charge in [-0.1, -0.05) is 18.2 Å². The third-order valence-electron chi connectivity index (χ3n) is 9.14. The molecule has 2 N–H and O–H groups in total. The number of fused-ring (bicyclic) bond motifs is 3. The number of aliphatic hydroxyl groups is 1. The molecule has 47 heavy (non-hydrogen) atoms. The third-order valence-corrected chi connectivity index (χ3v) is 9.14. The van der Waals surface area contributed by atoms with E-state index >= 15 is 0 Å². The number of hydrogen-bond acceptors (Lipinski definition) is 10. The minimum Gasteiger partial charge on any atom is -0.392 e. The van der Waals surface area contributed by atoms with Crippen LogP contribution in [0.4, 0.5) is 17.2 Å². The molecule has 13 nitrogen and oxygen atoms in total. The van der Waals surface area contributed by atoms with E-state index in [1.54, 1.807) is 31.6 Å². The van der Waals surface area contributed by atoms with Crippen LogP contribution >= 0.6 is 0 Å². The van der Waals surface area contributed by atoms with Crippen LogP contribution in [0.15, 0.2) is 89.0 Å². The van der Waals surface area contributed by atoms with Gasteiger partial charge in [0.1, 0.15) is 22.8 Å². The number of benzene rings is 1. The van der Waals surface area contributed by atoms with Crippen molar-refractivity contribution in [2.75, 3.05) is 49.6 Å². The Bertz CT molecular complexity index is 2230. The molecular formula is C34H33N9O4. The van der Waals surface area contributed by atoms with Crippen molar-refractivity contribution >= 4 is 33.6 Å². The average Bonchev–Trinajstić information content (AvgIpc) is 3.46. The van der Waals surface area contributed by atoms with E-state index in [1.807, 2.05) is 59.3 Å². The first kappa shape index (κ1) is 29.1. The van der Waals surface area contributed by atoms with Gasteiger partial charge in [0.25, 0.3) is 11.1 Å². The van der Waals surface area contributed by atoms with Gasteiger partial charge in [-0.2, -0.15) is 5.10 Å². The molecule has 6 aromatic rings. The number of aromatic nitrogens is 6. The van der Waals surface area contributed by atoms with Gasteiger partial charge in [0.2, 0.25) is 0 Å². The van der Waals surface area contributed by atoms with Crippen LogP contribution in [0.2, 0.25) is 0 Å². The normalized spacial score (nSPS) is 15.7. The van der Waals surface area contributed by atoms with E-state index in [4.69, 9.17) is 4.74 Å². The van der Waals surface area contributed by atoms with Crippen LogP contribution in [0.5, 0.6) is 0 Å². The molecular weight excluding hydrogens is 598 g/mol. The van der Waals surface area contributed by atoms with E-state index in [9.17, 15) is 14.7 Å². The Hall–Kier alpha value is -5.37. The number of nitrogens with zero attached hydrogens (tertiary/aromatic N) is 8. The molecule has 0 amide bonds. The summed E-state index contributed by atoms with van der Waals surface area (Å²) in [5.41, 5.74) is 3.47. The van der Waals surface area contributed by atoms with Gasteiger partial charge in [0.05, 0.1) is 49.0 Å². The third kappa shape index (κ3) is 5.14. The van der Waals surface area contributed by atoms with E-state index in [0.717, 1.165) is 56.0 Å². The molecule has 0 aliphatic carbocycles. The summed E-state index contributed by atoms with van der Waals surface area (Å²) in [6, 6.07) is 17.4. The fourth-order valence-corrected chi connectivity index (χ4v) is 6.47. The zero-order valence-corrected chi connectivity index (χ0v) is 25.8. The van der Waals surface area contributed by atoms with Gasteiger partial charge in [0, 0.05) is 68.3 Å². The van der Waals surface area contributed by atoms with Crippen molar-refractivity contribution < 1.29 is 9.84 Å². The molecule has 2 saturated heterocycles. The van der Waals surface area contributed by atoms with Gasteiger partial charge >= 0.3 is 0 Å². The summed E-state index contributed by atoms with van der Waals surface area (Å²) in [7, 11) is 1.57. The highest BCUT2D eigenvalue weighted by Crippen LogP contribution is 2.28. The molecule has 7 heterocycles. The number of rotatable bonds is 7. The lowest BCUT2D eigenvalue weighted by Gasteiger charge is -2.43. The minimum atomic E-state index is -0.405. The quantitative estimate of drug-likeness (QED) is 0.271. The smallest absolute Gasteiger partial charge is 0.290 e. The zero-order chi connectivity index (χ0) is 32.1. The Kier molecular flexibility index (Phi) is 7.28. The second-order valence-corrected chi connectivity index (χ2v) is 11.9. The number of para-hydroxylation sites is 1. The van der Waals surface area contributed by atoms with Gasteiger partial charge in [-0.25, -0.2) is 14.6 Å². The summed E-state index contributed by atoms with van der Waals surface area (Å²) in [5.74, 6) is 0.803. The van der Waals surface area contributed by atoms with E-state index in [-0.39, 0.29) is 22.6 Å². The van der Waals surface area contributed by atoms with E-state index in [2.05, 4.69) is 30.2 Å². The van der Waals surface area contributed by atoms with Crippen LogP contribution in [-0.2, 0) is 18.4 Å². The highest BCUT2D eigenvalue weighted by atomic mass is 16.5. The SMILES string of the molecule is Cn1nc(-c2ccnc(-n3ccn4c(cc5ccccc54)c3=O)c2CO)cc(Nc2ccc(N3CCN(C4COC4)CC3)cn2)c1=O. The first-order chi connectivity index (χ1) is 23.0. The zero-order valence-electron chi connectivity index (χ0n) is 25.8. The summed E-state index contributed by atoms with van der Waals surface area (Å²) in [6.45, 7) is 5.06. The molecule has 2 fully saturated rings. The first-order valence-corrected chi connectivity index (χ1v) is 15.6. The van der Waals surface area contributed by atoms with Crippen molar-refractivity contribution in [1.29, 1.82) is 0 Å². The number of anilines is 3. The van der Waals surface area contributed by atoms with Crippen molar-refractivity contribution in [3.63, 3.8) is 0 Å². The average molecular weight is 632 g/mol. The summed E-state index contributed by atoms with van der Waals surface area (Å²) in [5, 5.41) is 19.2. The standard InChI is InChI=1S/C34H33N9O4/c1-39-33(45)28(37-31-7-6-23(18-36-31)40-10-12-41(13-11-40)24-20-47-21-24)17-27(38-39)25-8-9-35-32(26(25)19-44)43-15-14-42-29-5-3-2-4-22(29)16-30(42)34(43)46/h2-9,14-18,24,44H,10-13,19-21H2,1H3,(H,36,37).